The van der Waals surface area contributed by atoms with Crippen LogP contribution in [0, 0.1) is 11.3 Å². The second kappa shape index (κ2) is 9.42. The van der Waals surface area contributed by atoms with Gasteiger partial charge in [-0.25, -0.2) is 4.68 Å². The Morgan fingerprint density at radius 3 is 2.43 bits per heavy atom. The Labute approximate surface area is 180 Å². The highest BCUT2D eigenvalue weighted by Gasteiger charge is 2.15. The van der Waals surface area contributed by atoms with Gasteiger partial charge in [-0.1, -0.05) is 12.1 Å². The molecular formula is C23H24N4O2S. The van der Waals surface area contributed by atoms with E-state index in [1.807, 2.05) is 61.2 Å². The van der Waals surface area contributed by atoms with Crippen LogP contribution in [0.25, 0.3) is 11.3 Å². The number of ether oxygens (including phenoxy) is 2. The molecule has 0 spiro atoms. The summed E-state index contributed by atoms with van der Waals surface area (Å²) in [6, 6.07) is 15.3. The van der Waals surface area contributed by atoms with Crippen molar-refractivity contribution in [3.05, 3.63) is 63.8 Å². The Morgan fingerprint density at radius 2 is 1.83 bits per heavy atom. The van der Waals surface area contributed by atoms with E-state index < -0.39 is 0 Å². The van der Waals surface area contributed by atoms with E-state index in [4.69, 9.17) is 24.8 Å². The number of hydrogen-bond acceptors (Lipinski definition) is 6. The van der Waals surface area contributed by atoms with Crippen molar-refractivity contribution >= 4 is 17.0 Å². The van der Waals surface area contributed by atoms with Crippen molar-refractivity contribution in [2.45, 2.75) is 26.8 Å². The van der Waals surface area contributed by atoms with Gasteiger partial charge in [0.25, 0.3) is 0 Å². The molecule has 6 nitrogen and oxygen atoms in total. The quantitative estimate of drug-likeness (QED) is 0.543. The summed E-state index contributed by atoms with van der Waals surface area (Å²) in [6.07, 6.45) is 0. The number of nitriles is 1. The minimum Gasteiger partial charge on any atom is -0.497 e. The number of thiazole rings is 1. The zero-order valence-corrected chi connectivity index (χ0v) is 18.5. The molecule has 0 saturated carbocycles. The Morgan fingerprint density at radius 1 is 1.10 bits per heavy atom. The summed E-state index contributed by atoms with van der Waals surface area (Å²) in [4.78, 5) is 5.53. The average Bonchev–Trinajstić information content (AvgIpc) is 3.14. The monoisotopic (exact) mass is 420 g/mol. The van der Waals surface area contributed by atoms with Gasteiger partial charge in [0.05, 0.1) is 37.3 Å². The van der Waals surface area contributed by atoms with Gasteiger partial charge in [0.2, 0.25) is 4.80 Å². The number of nitrogens with zero attached hydrogens (tertiary/aromatic N) is 4. The van der Waals surface area contributed by atoms with Gasteiger partial charge in [0.15, 0.2) is 0 Å². The smallest absolute Gasteiger partial charge is 0.206 e. The molecule has 0 aliphatic rings. The van der Waals surface area contributed by atoms with Crippen molar-refractivity contribution in [2.75, 3.05) is 14.2 Å². The molecule has 3 rings (SSSR count). The molecule has 0 radical (unpaired) electrons. The largest absolute Gasteiger partial charge is 0.497 e. The number of benzene rings is 2. The highest BCUT2D eigenvalue weighted by Crippen LogP contribution is 2.33. The first-order valence-electron chi connectivity index (χ1n) is 9.49. The van der Waals surface area contributed by atoms with E-state index in [9.17, 15) is 0 Å². The van der Waals surface area contributed by atoms with Crippen LogP contribution in [0.1, 0.15) is 31.9 Å². The molecule has 0 N–H and O–H groups in total. The molecular weight excluding hydrogens is 396 g/mol. The van der Waals surface area contributed by atoms with Crippen LogP contribution in [0.5, 0.6) is 11.5 Å². The van der Waals surface area contributed by atoms with Crippen LogP contribution in [0.15, 0.2) is 57.9 Å². The first-order chi connectivity index (χ1) is 14.5. The van der Waals surface area contributed by atoms with Crippen molar-refractivity contribution in [1.29, 1.82) is 5.26 Å². The summed E-state index contributed by atoms with van der Waals surface area (Å²) in [5.41, 5.74) is 4.10. The number of rotatable bonds is 6. The third-order valence-electron chi connectivity index (χ3n) is 4.42. The third kappa shape index (κ3) is 4.61. The lowest BCUT2D eigenvalue weighted by atomic mass is 10.1. The Hall–Kier alpha value is -3.37. The Bertz CT molecular complexity index is 1170. The lowest BCUT2D eigenvalue weighted by molar-refractivity contribution is 0.404. The molecule has 30 heavy (non-hydrogen) atoms. The van der Waals surface area contributed by atoms with Gasteiger partial charge in [-0.2, -0.15) is 10.4 Å². The van der Waals surface area contributed by atoms with Gasteiger partial charge in [0, 0.05) is 17.0 Å². The van der Waals surface area contributed by atoms with Gasteiger partial charge < -0.3 is 9.47 Å². The van der Waals surface area contributed by atoms with E-state index in [1.54, 1.807) is 26.4 Å². The van der Waals surface area contributed by atoms with Gasteiger partial charge in [0.1, 0.15) is 11.5 Å². The van der Waals surface area contributed by atoms with Crippen molar-refractivity contribution in [3.8, 4) is 28.8 Å². The predicted molar refractivity (Wildman–Crippen MR) is 120 cm³/mol. The van der Waals surface area contributed by atoms with Gasteiger partial charge in [-0.05, 0) is 56.7 Å². The van der Waals surface area contributed by atoms with E-state index in [1.165, 1.54) is 11.3 Å². The first kappa shape index (κ1) is 21.3. The van der Waals surface area contributed by atoms with Crippen LogP contribution >= 0.6 is 11.3 Å². The summed E-state index contributed by atoms with van der Waals surface area (Å²) in [7, 11) is 3.28. The minimum atomic E-state index is 0.125. The maximum atomic E-state index is 9.03. The van der Waals surface area contributed by atoms with Crippen LogP contribution < -0.4 is 14.3 Å². The maximum Gasteiger partial charge on any atom is 0.206 e. The number of methoxy groups -OCH3 is 2. The Kier molecular flexibility index (Phi) is 6.70. The molecule has 0 fully saturated rings. The highest BCUT2D eigenvalue weighted by atomic mass is 32.1. The molecule has 7 heteroatoms. The molecule has 3 aromatic rings. The van der Waals surface area contributed by atoms with E-state index in [0.717, 1.165) is 38.8 Å². The summed E-state index contributed by atoms with van der Waals surface area (Å²) >= 11 is 1.53. The molecule has 2 aromatic carbocycles. The highest BCUT2D eigenvalue weighted by molar-refractivity contribution is 7.07. The second-order valence-electron chi connectivity index (χ2n) is 6.88. The third-order valence-corrected chi connectivity index (χ3v) is 5.25. The summed E-state index contributed by atoms with van der Waals surface area (Å²) in [6.45, 7) is 6.01. The van der Waals surface area contributed by atoms with E-state index in [2.05, 4.69) is 6.07 Å². The van der Waals surface area contributed by atoms with Crippen LogP contribution in [-0.2, 0) is 0 Å². The van der Waals surface area contributed by atoms with E-state index in [0.29, 0.717) is 5.56 Å². The number of aromatic nitrogens is 1. The molecule has 0 bridgehead atoms. The maximum absolute atomic E-state index is 9.03. The number of hydrogen-bond donors (Lipinski definition) is 0. The van der Waals surface area contributed by atoms with E-state index in [-0.39, 0.29) is 6.04 Å². The van der Waals surface area contributed by atoms with Gasteiger partial charge in [-0.3, -0.25) is 4.99 Å². The van der Waals surface area contributed by atoms with Crippen molar-refractivity contribution in [1.82, 2.24) is 4.68 Å². The topological polar surface area (TPSA) is 71.9 Å². The van der Waals surface area contributed by atoms with Crippen LogP contribution in [-0.4, -0.2) is 30.6 Å². The zero-order valence-electron chi connectivity index (χ0n) is 17.7. The molecule has 0 atom stereocenters. The fourth-order valence-electron chi connectivity index (χ4n) is 2.90. The summed E-state index contributed by atoms with van der Waals surface area (Å²) in [5, 5.41) is 15.9. The molecule has 1 heterocycles. The van der Waals surface area contributed by atoms with Crippen molar-refractivity contribution < 1.29 is 9.47 Å². The molecule has 1 aromatic heterocycles. The SMILES string of the molecule is COc1ccc(OC)c(-c2csc(=NC(C)C)n2N=C(C)c2ccc(C#N)cc2)c1. The predicted octanol–water partition coefficient (Wildman–Crippen LogP) is 4.69. The van der Waals surface area contributed by atoms with E-state index >= 15 is 0 Å². The van der Waals surface area contributed by atoms with Gasteiger partial charge in [-0.15, -0.1) is 11.3 Å². The fourth-order valence-corrected chi connectivity index (χ4v) is 3.85. The first-order valence-corrected chi connectivity index (χ1v) is 10.4. The Balaban J connectivity index is 2.20. The van der Waals surface area contributed by atoms with Gasteiger partial charge >= 0.3 is 0 Å². The molecule has 154 valence electrons. The summed E-state index contributed by atoms with van der Waals surface area (Å²) < 4.78 is 12.8. The van der Waals surface area contributed by atoms with Crippen molar-refractivity contribution in [2.24, 2.45) is 10.1 Å². The molecule has 0 aliphatic carbocycles. The zero-order chi connectivity index (χ0) is 21.7. The van der Waals surface area contributed by atoms with Crippen molar-refractivity contribution in [3.63, 3.8) is 0 Å². The average molecular weight is 421 g/mol. The second-order valence-corrected chi connectivity index (χ2v) is 7.72. The molecule has 0 amide bonds. The van der Waals surface area contributed by atoms with Crippen LogP contribution in [0.3, 0.4) is 0 Å². The lowest BCUT2D eigenvalue weighted by Gasteiger charge is -2.12. The fraction of sp³-hybridized carbons (Fsp3) is 0.261. The standard InChI is InChI=1S/C23H24N4O2S/c1-15(2)25-23-27(26-16(3)18-8-6-17(13-24)7-9-18)21(14-30-23)20-12-19(28-4)10-11-22(20)29-5/h6-12,14-15H,1-5H3. The molecule has 0 aliphatic heterocycles. The lowest BCUT2D eigenvalue weighted by Crippen LogP contribution is -2.16. The van der Waals surface area contributed by atoms with Crippen LogP contribution in [0.2, 0.25) is 0 Å². The molecule has 0 saturated heterocycles. The minimum absolute atomic E-state index is 0.125. The normalized spacial score (nSPS) is 12.2. The van der Waals surface area contributed by atoms with Crippen LogP contribution in [0.4, 0.5) is 0 Å². The molecule has 0 unspecified atom stereocenters. The summed E-state index contributed by atoms with van der Waals surface area (Å²) in [5.74, 6) is 1.46.